The van der Waals surface area contributed by atoms with Crippen molar-refractivity contribution in [2.45, 2.75) is 20.3 Å². The highest BCUT2D eigenvalue weighted by molar-refractivity contribution is 7.88. The van der Waals surface area contributed by atoms with Crippen molar-refractivity contribution in [3.05, 3.63) is 0 Å². The molecule has 0 unspecified atom stereocenters. The quantitative estimate of drug-likeness (QED) is 0.663. The van der Waals surface area contributed by atoms with E-state index in [1.807, 2.05) is 13.8 Å². The van der Waals surface area contributed by atoms with Crippen LogP contribution in [0.4, 0.5) is 10.8 Å². The zero-order valence-electron chi connectivity index (χ0n) is 12.0. The summed E-state index contributed by atoms with van der Waals surface area (Å²) in [5, 5.41) is 3.96. The molecule has 1 rings (SSSR count). The van der Waals surface area contributed by atoms with Gasteiger partial charge in [-0.3, -0.25) is 0 Å². The van der Waals surface area contributed by atoms with Gasteiger partial charge in [0.15, 0.2) is 16.6 Å². The molecule has 116 valence electrons. The highest BCUT2D eigenvalue weighted by atomic mass is 32.2. The predicted molar refractivity (Wildman–Crippen MR) is 82.9 cm³/mol. The van der Waals surface area contributed by atoms with Crippen LogP contribution in [0.25, 0.3) is 0 Å². The first-order valence-corrected chi connectivity index (χ1v) is 9.09. The minimum Gasteiger partial charge on any atom is -0.487 e. The Kier molecular flexibility index (Phi) is 6.50. The molecule has 1 aromatic rings. The van der Waals surface area contributed by atoms with Crippen molar-refractivity contribution in [3.63, 3.8) is 0 Å². The summed E-state index contributed by atoms with van der Waals surface area (Å²) in [5.41, 5.74) is 5.71. The second-order valence-electron chi connectivity index (χ2n) is 4.19. The maximum absolute atomic E-state index is 11.4. The lowest BCUT2D eigenvalue weighted by atomic mass is 10.4. The minimum atomic E-state index is -3.12. The van der Waals surface area contributed by atoms with Gasteiger partial charge in [0, 0.05) is 19.6 Å². The predicted octanol–water partition coefficient (Wildman–Crippen LogP) is 1.21. The van der Waals surface area contributed by atoms with Crippen LogP contribution in [0.1, 0.15) is 20.3 Å². The van der Waals surface area contributed by atoms with E-state index in [0.717, 1.165) is 5.00 Å². The fourth-order valence-corrected chi connectivity index (χ4v) is 3.32. The third-order valence-electron chi connectivity index (χ3n) is 2.65. The summed E-state index contributed by atoms with van der Waals surface area (Å²) in [4.78, 5) is 0. The monoisotopic (exact) mass is 322 g/mol. The van der Waals surface area contributed by atoms with E-state index in [2.05, 4.69) is 9.69 Å². The average molecular weight is 322 g/mol. The van der Waals surface area contributed by atoms with E-state index in [1.54, 1.807) is 0 Å². The van der Waals surface area contributed by atoms with E-state index in [-0.39, 0.29) is 0 Å². The minimum absolute atomic E-state index is 0.380. The van der Waals surface area contributed by atoms with Crippen LogP contribution in [0.2, 0.25) is 0 Å². The van der Waals surface area contributed by atoms with Gasteiger partial charge >= 0.3 is 0 Å². The van der Waals surface area contributed by atoms with Crippen molar-refractivity contribution in [1.82, 2.24) is 8.68 Å². The van der Waals surface area contributed by atoms with E-state index in [4.69, 9.17) is 10.5 Å². The number of nitrogens with one attached hydrogen (secondary N) is 1. The Labute approximate surface area is 124 Å². The number of aromatic nitrogens is 1. The molecule has 1 aromatic heterocycles. The Morgan fingerprint density at radius 1 is 1.45 bits per heavy atom. The Balaban J connectivity index is 2.45. The molecule has 0 fully saturated rings. The largest absolute Gasteiger partial charge is 0.487 e. The van der Waals surface area contributed by atoms with Crippen LogP contribution < -0.4 is 15.8 Å². The molecule has 7 nitrogen and oxygen atoms in total. The SMILES string of the molecule is CCOc1c(N)nsc1NCCCN(CC)S(C)(=O)=O. The van der Waals surface area contributed by atoms with Crippen molar-refractivity contribution in [1.29, 1.82) is 0 Å². The second kappa shape index (κ2) is 7.65. The van der Waals surface area contributed by atoms with Gasteiger partial charge in [0.1, 0.15) is 0 Å². The first-order valence-electron chi connectivity index (χ1n) is 6.47. The van der Waals surface area contributed by atoms with Crippen LogP contribution in [0.15, 0.2) is 0 Å². The highest BCUT2D eigenvalue weighted by Crippen LogP contribution is 2.34. The van der Waals surface area contributed by atoms with Crippen LogP contribution in [0, 0.1) is 0 Å². The highest BCUT2D eigenvalue weighted by Gasteiger charge is 2.14. The maximum atomic E-state index is 11.4. The van der Waals surface area contributed by atoms with Crippen molar-refractivity contribution in [2.24, 2.45) is 0 Å². The molecule has 1 heterocycles. The number of nitrogens with zero attached hydrogens (tertiary/aromatic N) is 2. The fourth-order valence-electron chi connectivity index (χ4n) is 1.71. The van der Waals surface area contributed by atoms with E-state index in [0.29, 0.717) is 44.2 Å². The summed E-state index contributed by atoms with van der Waals surface area (Å²) in [6.45, 7) is 5.83. The molecule has 0 saturated heterocycles. The molecular weight excluding hydrogens is 300 g/mol. The van der Waals surface area contributed by atoms with Crippen LogP contribution in [-0.4, -0.2) is 49.6 Å². The summed E-state index contributed by atoms with van der Waals surface area (Å²) < 4.78 is 33.7. The fraction of sp³-hybridized carbons (Fsp3) is 0.727. The van der Waals surface area contributed by atoms with E-state index in [1.165, 1.54) is 22.1 Å². The first kappa shape index (κ1) is 17.0. The summed E-state index contributed by atoms with van der Waals surface area (Å²) in [6, 6.07) is 0. The van der Waals surface area contributed by atoms with Gasteiger partial charge in [-0.25, -0.2) is 12.7 Å². The van der Waals surface area contributed by atoms with E-state index in [9.17, 15) is 8.42 Å². The third-order valence-corrected chi connectivity index (χ3v) is 4.83. The van der Waals surface area contributed by atoms with Crippen molar-refractivity contribution in [3.8, 4) is 5.75 Å². The Hall–Kier alpha value is -1.06. The number of hydrogen-bond donors (Lipinski definition) is 2. The van der Waals surface area contributed by atoms with Gasteiger partial charge in [0.2, 0.25) is 10.0 Å². The van der Waals surface area contributed by atoms with Crippen molar-refractivity contribution < 1.29 is 13.2 Å². The van der Waals surface area contributed by atoms with Gasteiger partial charge in [-0.1, -0.05) is 6.92 Å². The Bertz CT molecular complexity index is 516. The number of nitrogens with two attached hydrogens (primary N) is 1. The summed E-state index contributed by atoms with van der Waals surface area (Å²) in [7, 11) is -3.12. The van der Waals surface area contributed by atoms with E-state index < -0.39 is 10.0 Å². The number of rotatable bonds is 9. The van der Waals surface area contributed by atoms with E-state index >= 15 is 0 Å². The van der Waals surface area contributed by atoms with Gasteiger partial charge in [-0.05, 0) is 24.9 Å². The van der Waals surface area contributed by atoms with Gasteiger partial charge in [0.05, 0.1) is 12.9 Å². The number of sulfonamides is 1. The lowest BCUT2D eigenvalue weighted by molar-refractivity contribution is 0.344. The summed E-state index contributed by atoms with van der Waals surface area (Å²) in [5.74, 6) is 0.957. The topological polar surface area (TPSA) is 97.6 Å². The third kappa shape index (κ3) is 4.80. The molecule has 20 heavy (non-hydrogen) atoms. The molecule has 9 heteroatoms. The summed E-state index contributed by atoms with van der Waals surface area (Å²) in [6.07, 6.45) is 1.92. The molecule has 0 aliphatic rings. The number of anilines is 2. The molecule has 0 atom stereocenters. The molecule has 0 bridgehead atoms. The average Bonchev–Trinajstić information content (AvgIpc) is 2.70. The normalized spacial score (nSPS) is 11.8. The molecule has 0 aliphatic carbocycles. The Morgan fingerprint density at radius 3 is 2.70 bits per heavy atom. The zero-order chi connectivity index (χ0) is 15.2. The molecule has 0 spiro atoms. The number of ether oxygens (including phenoxy) is 1. The lowest BCUT2D eigenvalue weighted by Crippen LogP contribution is -2.31. The number of nitrogen functional groups attached to an aromatic ring is 1. The second-order valence-corrected chi connectivity index (χ2v) is 6.95. The molecule has 0 radical (unpaired) electrons. The van der Waals surface area contributed by atoms with Gasteiger partial charge < -0.3 is 15.8 Å². The zero-order valence-corrected chi connectivity index (χ0v) is 13.7. The van der Waals surface area contributed by atoms with Crippen LogP contribution in [-0.2, 0) is 10.0 Å². The Morgan fingerprint density at radius 2 is 2.15 bits per heavy atom. The van der Waals surface area contributed by atoms with Crippen molar-refractivity contribution >= 4 is 32.4 Å². The van der Waals surface area contributed by atoms with Crippen LogP contribution in [0.5, 0.6) is 5.75 Å². The molecule has 0 amide bonds. The van der Waals surface area contributed by atoms with Crippen LogP contribution in [0.3, 0.4) is 0 Å². The van der Waals surface area contributed by atoms with Crippen LogP contribution >= 0.6 is 11.5 Å². The summed E-state index contributed by atoms with van der Waals surface area (Å²) >= 11 is 1.24. The standard InChI is InChI=1S/C11H22N4O3S2/c1-4-15(20(3,16)17)8-6-7-13-11-9(18-5-2)10(12)14-19-11/h13H,4-8H2,1-3H3,(H2,12,14). The van der Waals surface area contributed by atoms with Gasteiger partial charge in [-0.15, -0.1) is 0 Å². The maximum Gasteiger partial charge on any atom is 0.211 e. The lowest BCUT2D eigenvalue weighted by Gasteiger charge is -2.17. The molecule has 0 aliphatic heterocycles. The van der Waals surface area contributed by atoms with Gasteiger partial charge in [-0.2, -0.15) is 4.37 Å². The molecule has 3 N–H and O–H groups in total. The molecule has 0 saturated carbocycles. The smallest absolute Gasteiger partial charge is 0.211 e. The van der Waals surface area contributed by atoms with Crippen molar-refractivity contribution in [2.75, 3.05) is 43.5 Å². The first-order chi connectivity index (χ1) is 9.40. The number of hydrogen-bond acceptors (Lipinski definition) is 7. The van der Waals surface area contributed by atoms with Gasteiger partial charge in [0.25, 0.3) is 0 Å². The molecule has 0 aromatic carbocycles. The molecular formula is C11H22N4O3S2.